The van der Waals surface area contributed by atoms with Gasteiger partial charge in [0, 0.05) is 0 Å². The van der Waals surface area contributed by atoms with Gasteiger partial charge in [-0.15, -0.1) is 0 Å². The number of thioether (sulfide) groups is 1. The molecule has 0 aromatic rings. The van der Waals surface area contributed by atoms with E-state index in [0.717, 1.165) is 6.42 Å². The SMILES string of the molecule is CSC1=N[C@@H]2OCC[C@@H]2C(=O)N1. The lowest BCUT2D eigenvalue weighted by atomic mass is 10.1. The van der Waals surface area contributed by atoms with Crippen LogP contribution in [-0.2, 0) is 9.53 Å². The van der Waals surface area contributed by atoms with Crippen molar-refractivity contribution in [1.29, 1.82) is 0 Å². The van der Waals surface area contributed by atoms with Crippen LogP contribution in [-0.4, -0.2) is 30.2 Å². The fraction of sp³-hybridized carbons (Fsp3) is 0.714. The van der Waals surface area contributed by atoms with Crippen LogP contribution in [0.5, 0.6) is 0 Å². The Balaban J connectivity index is 2.20. The molecule has 0 saturated carbocycles. The summed E-state index contributed by atoms with van der Waals surface area (Å²) in [4.78, 5) is 15.6. The lowest BCUT2D eigenvalue weighted by molar-refractivity contribution is -0.125. The number of nitrogens with zero attached hydrogens (tertiary/aromatic N) is 1. The highest BCUT2D eigenvalue weighted by Gasteiger charge is 2.37. The number of fused-ring (bicyclic) bond motifs is 1. The molecule has 4 nitrogen and oxygen atoms in total. The molecule has 1 saturated heterocycles. The second-order valence-electron chi connectivity index (χ2n) is 2.78. The molecule has 12 heavy (non-hydrogen) atoms. The summed E-state index contributed by atoms with van der Waals surface area (Å²) < 4.78 is 5.30. The molecule has 1 fully saturated rings. The Morgan fingerprint density at radius 3 is 3.33 bits per heavy atom. The van der Waals surface area contributed by atoms with Crippen LogP contribution in [0.15, 0.2) is 4.99 Å². The molecule has 0 aromatic heterocycles. The van der Waals surface area contributed by atoms with Crippen LogP contribution in [0.2, 0.25) is 0 Å². The molecule has 0 bridgehead atoms. The first-order valence-electron chi connectivity index (χ1n) is 3.85. The molecule has 0 spiro atoms. The lowest BCUT2D eigenvalue weighted by Gasteiger charge is -2.21. The van der Waals surface area contributed by atoms with Crippen molar-refractivity contribution in [2.45, 2.75) is 12.6 Å². The fourth-order valence-electron chi connectivity index (χ4n) is 1.41. The molecule has 2 atom stereocenters. The highest BCUT2D eigenvalue weighted by atomic mass is 32.2. The molecular weight excluding hydrogens is 176 g/mol. The number of hydrogen-bond acceptors (Lipinski definition) is 4. The molecule has 1 N–H and O–H groups in total. The average molecular weight is 186 g/mol. The summed E-state index contributed by atoms with van der Waals surface area (Å²) in [5.41, 5.74) is 0. The van der Waals surface area contributed by atoms with Crippen molar-refractivity contribution in [2.75, 3.05) is 12.9 Å². The van der Waals surface area contributed by atoms with Crippen molar-refractivity contribution in [1.82, 2.24) is 5.32 Å². The van der Waals surface area contributed by atoms with Crippen molar-refractivity contribution in [3.05, 3.63) is 0 Å². The van der Waals surface area contributed by atoms with E-state index in [1.54, 1.807) is 0 Å². The topological polar surface area (TPSA) is 50.7 Å². The molecule has 1 amide bonds. The predicted octanol–water partition coefficient (Wildman–Crippen LogP) is 0.198. The molecular formula is C7H10N2O2S. The van der Waals surface area contributed by atoms with Crippen molar-refractivity contribution in [2.24, 2.45) is 10.9 Å². The maximum absolute atomic E-state index is 11.4. The van der Waals surface area contributed by atoms with E-state index in [4.69, 9.17) is 4.74 Å². The minimum absolute atomic E-state index is 0.0526. The van der Waals surface area contributed by atoms with E-state index in [-0.39, 0.29) is 18.1 Å². The molecule has 0 radical (unpaired) electrons. The number of amides is 1. The summed E-state index contributed by atoms with van der Waals surface area (Å²) in [6, 6.07) is 0. The van der Waals surface area contributed by atoms with Gasteiger partial charge < -0.3 is 10.1 Å². The standard InChI is InChI=1S/C7H10N2O2S/c1-12-7-8-5(10)4-2-3-11-6(4)9-7/h4,6H,2-3H2,1H3,(H,8,9,10)/t4-,6-/m1/s1. The summed E-state index contributed by atoms with van der Waals surface area (Å²) in [6.07, 6.45) is 2.46. The number of rotatable bonds is 0. The Morgan fingerprint density at radius 1 is 1.75 bits per heavy atom. The van der Waals surface area contributed by atoms with E-state index in [2.05, 4.69) is 10.3 Å². The zero-order valence-corrected chi connectivity index (χ0v) is 7.56. The van der Waals surface area contributed by atoms with Gasteiger partial charge in [0.25, 0.3) is 0 Å². The minimum atomic E-state index is -0.221. The van der Waals surface area contributed by atoms with Crippen LogP contribution < -0.4 is 5.32 Å². The summed E-state index contributed by atoms with van der Waals surface area (Å²) >= 11 is 1.44. The Morgan fingerprint density at radius 2 is 2.58 bits per heavy atom. The Labute approximate surface area is 74.8 Å². The summed E-state index contributed by atoms with van der Waals surface area (Å²) in [7, 11) is 0. The van der Waals surface area contributed by atoms with Gasteiger partial charge in [0.2, 0.25) is 5.91 Å². The number of carbonyl (C=O) groups excluding carboxylic acids is 1. The van der Waals surface area contributed by atoms with Gasteiger partial charge in [0.1, 0.15) is 0 Å². The smallest absolute Gasteiger partial charge is 0.233 e. The Kier molecular flexibility index (Phi) is 2.06. The molecule has 2 aliphatic rings. The van der Waals surface area contributed by atoms with Crippen LogP contribution in [0.1, 0.15) is 6.42 Å². The molecule has 0 unspecified atom stereocenters. The van der Waals surface area contributed by atoms with E-state index >= 15 is 0 Å². The maximum Gasteiger partial charge on any atom is 0.233 e. The van der Waals surface area contributed by atoms with Gasteiger partial charge in [-0.3, -0.25) is 4.79 Å². The molecule has 0 aromatic carbocycles. The van der Waals surface area contributed by atoms with E-state index in [9.17, 15) is 4.79 Å². The number of aliphatic imine (C=N–C) groups is 1. The number of nitrogens with one attached hydrogen (secondary N) is 1. The molecule has 2 aliphatic heterocycles. The second-order valence-corrected chi connectivity index (χ2v) is 3.58. The van der Waals surface area contributed by atoms with Gasteiger partial charge in [-0.2, -0.15) is 0 Å². The van der Waals surface area contributed by atoms with E-state index in [1.807, 2.05) is 6.26 Å². The number of ether oxygens (including phenoxy) is 1. The zero-order chi connectivity index (χ0) is 8.55. The van der Waals surface area contributed by atoms with Crippen molar-refractivity contribution < 1.29 is 9.53 Å². The van der Waals surface area contributed by atoms with Crippen molar-refractivity contribution in [3.63, 3.8) is 0 Å². The highest BCUT2D eigenvalue weighted by molar-refractivity contribution is 8.13. The zero-order valence-electron chi connectivity index (χ0n) is 6.74. The third kappa shape index (κ3) is 1.23. The predicted molar refractivity (Wildman–Crippen MR) is 46.9 cm³/mol. The van der Waals surface area contributed by atoms with Gasteiger partial charge in [0.05, 0.1) is 12.5 Å². The van der Waals surface area contributed by atoms with Crippen LogP contribution >= 0.6 is 11.8 Å². The number of hydrogen-bond donors (Lipinski definition) is 1. The first-order valence-corrected chi connectivity index (χ1v) is 5.08. The van der Waals surface area contributed by atoms with Crippen molar-refractivity contribution >= 4 is 22.8 Å². The Hall–Kier alpha value is -0.550. The quantitative estimate of drug-likeness (QED) is 0.588. The first-order chi connectivity index (χ1) is 5.81. The van der Waals surface area contributed by atoms with Gasteiger partial charge in [-0.1, -0.05) is 11.8 Å². The lowest BCUT2D eigenvalue weighted by Crippen LogP contribution is -2.42. The molecule has 2 heterocycles. The average Bonchev–Trinajstić information content (AvgIpc) is 2.52. The third-order valence-electron chi connectivity index (χ3n) is 2.07. The largest absolute Gasteiger partial charge is 0.356 e. The second kappa shape index (κ2) is 3.06. The van der Waals surface area contributed by atoms with E-state index in [0.29, 0.717) is 11.8 Å². The van der Waals surface area contributed by atoms with Crippen LogP contribution in [0.25, 0.3) is 0 Å². The Bertz CT molecular complexity index is 242. The number of amidine groups is 1. The van der Waals surface area contributed by atoms with E-state index in [1.165, 1.54) is 11.8 Å². The monoisotopic (exact) mass is 186 g/mol. The summed E-state index contributed by atoms with van der Waals surface area (Å²) in [6.45, 7) is 0.647. The fourth-order valence-corrected chi connectivity index (χ4v) is 1.82. The van der Waals surface area contributed by atoms with Crippen molar-refractivity contribution in [3.8, 4) is 0 Å². The van der Waals surface area contributed by atoms with Gasteiger partial charge in [0.15, 0.2) is 11.4 Å². The molecule has 2 rings (SSSR count). The minimum Gasteiger partial charge on any atom is -0.356 e. The van der Waals surface area contributed by atoms with E-state index < -0.39 is 0 Å². The van der Waals surface area contributed by atoms with Gasteiger partial charge >= 0.3 is 0 Å². The molecule has 5 heteroatoms. The summed E-state index contributed by atoms with van der Waals surface area (Å²) in [5, 5.41) is 3.40. The molecule has 0 aliphatic carbocycles. The highest BCUT2D eigenvalue weighted by Crippen LogP contribution is 2.25. The van der Waals surface area contributed by atoms with Crippen LogP contribution in [0.4, 0.5) is 0 Å². The first kappa shape index (κ1) is 8.07. The van der Waals surface area contributed by atoms with Gasteiger partial charge in [-0.05, 0) is 12.7 Å². The molecule has 66 valence electrons. The normalized spacial score (nSPS) is 34.1. The summed E-state index contributed by atoms with van der Waals surface area (Å²) in [5.74, 6) is -0.00208. The van der Waals surface area contributed by atoms with Gasteiger partial charge in [-0.25, -0.2) is 4.99 Å². The number of carbonyl (C=O) groups is 1. The maximum atomic E-state index is 11.4. The van der Waals surface area contributed by atoms with Crippen LogP contribution in [0.3, 0.4) is 0 Å². The van der Waals surface area contributed by atoms with Crippen LogP contribution in [0, 0.1) is 5.92 Å². The third-order valence-corrected chi connectivity index (χ3v) is 2.66.